The Morgan fingerprint density at radius 1 is 1.47 bits per heavy atom. The number of morpholine rings is 1. The van der Waals surface area contributed by atoms with Crippen molar-refractivity contribution in [2.75, 3.05) is 26.2 Å². The van der Waals surface area contributed by atoms with Crippen LogP contribution < -0.4 is 5.73 Å². The van der Waals surface area contributed by atoms with Gasteiger partial charge in [0.15, 0.2) is 0 Å². The predicted molar refractivity (Wildman–Crippen MR) is 72.9 cm³/mol. The van der Waals surface area contributed by atoms with Gasteiger partial charge in [-0.2, -0.15) is 0 Å². The van der Waals surface area contributed by atoms with Crippen LogP contribution in [0.1, 0.15) is 18.5 Å². The van der Waals surface area contributed by atoms with Crippen LogP contribution in [-0.2, 0) is 4.74 Å². The van der Waals surface area contributed by atoms with Gasteiger partial charge in [0.25, 0.3) is 0 Å². The second-order valence-corrected chi connectivity index (χ2v) is 5.40. The highest BCUT2D eigenvalue weighted by molar-refractivity contribution is 9.10. The van der Waals surface area contributed by atoms with Crippen LogP contribution >= 0.6 is 15.9 Å². The topological polar surface area (TPSA) is 38.5 Å². The molecule has 2 rings (SSSR count). The molecule has 94 valence electrons. The highest BCUT2D eigenvalue weighted by Crippen LogP contribution is 2.23. The summed E-state index contributed by atoms with van der Waals surface area (Å²) in [6, 6.07) is 8.72. The van der Waals surface area contributed by atoms with Crippen molar-refractivity contribution in [1.82, 2.24) is 4.90 Å². The molecule has 0 spiro atoms. The summed E-state index contributed by atoms with van der Waals surface area (Å²) in [5, 5.41) is 0. The lowest BCUT2D eigenvalue weighted by atomic mass is 10.0. The van der Waals surface area contributed by atoms with E-state index in [2.05, 4.69) is 52.0 Å². The van der Waals surface area contributed by atoms with E-state index in [-0.39, 0.29) is 0 Å². The minimum absolute atomic E-state index is 0.299. The Hall–Kier alpha value is -0.420. The third-order valence-corrected chi connectivity index (χ3v) is 3.72. The Morgan fingerprint density at radius 2 is 2.18 bits per heavy atom. The van der Waals surface area contributed by atoms with Crippen LogP contribution in [-0.4, -0.2) is 37.2 Å². The van der Waals surface area contributed by atoms with Crippen molar-refractivity contribution < 1.29 is 4.74 Å². The normalized spacial score (nSPS) is 23.6. The van der Waals surface area contributed by atoms with Gasteiger partial charge in [-0.05, 0) is 24.6 Å². The Morgan fingerprint density at radius 3 is 2.76 bits per heavy atom. The number of ether oxygens (including phenoxy) is 1. The van der Waals surface area contributed by atoms with Gasteiger partial charge in [0.05, 0.1) is 12.7 Å². The van der Waals surface area contributed by atoms with E-state index in [0.717, 1.165) is 24.2 Å². The molecule has 1 heterocycles. The zero-order chi connectivity index (χ0) is 12.3. The van der Waals surface area contributed by atoms with Crippen molar-refractivity contribution in [3.8, 4) is 0 Å². The number of hydrogen-bond donors (Lipinski definition) is 1. The first-order valence-electron chi connectivity index (χ1n) is 6.02. The third-order valence-electron chi connectivity index (χ3n) is 3.19. The van der Waals surface area contributed by atoms with Gasteiger partial charge in [0.1, 0.15) is 0 Å². The molecular weight excluding hydrogens is 280 g/mol. The summed E-state index contributed by atoms with van der Waals surface area (Å²) in [6.07, 6.45) is 0.299. The summed E-state index contributed by atoms with van der Waals surface area (Å²) in [6.45, 7) is 5.48. The molecule has 0 bridgehead atoms. The Balaban J connectivity index is 2.12. The zero-order valence-electron chi connectivity index (χ0n) is 10.1. The first-order valence-corrected chi connectivity index (χ1v) is 6.81. The van der Waals surface area contributed by atoms with Crippen LogP contribution in [0, 0.1) is 0 Å². The van der Waals surface area contributed by atoms with E-state index < -0.39 is 0 Å². The fourth-order valence-electron chi connectivity index (χ4n) is 2.31. The Bertz CT molecular complexity index is 355. The predicted octanol–water partition coefficient (Wildman–Crippen LogP) is 2.17. The second kappa shape index (κ2) is 5.96. The molecule has 1 aliphatic heterocycles. The molecule has 1 aromatic rings. The largest absolute Gasteiger partial charge is 0.376 e. The van der Waals surface area contributed by atoms with Crippen LogP contribution in [0.15, 0.2) is 28.7 Å². The maximum atomic E-state index is 5.92. The number of benzene rings is 1. The van der Waals surface area contributed by atoms with E-state index in [1.807, 2.05) is 0 Å². The Labute approximate surface area is 111 Å². The average molecular weight is 299 g/mol. The molecule has 1 fully saturated rings. The molecule has 1 aromatic carbocycles. The molecule has 1 saturated heterocycles. The zero-order valence-corrected chi connectivity index (χ0v) is 11.7. The molecule has 1 aliphatic rings. The lowest BCUT2D eigenvalue weighted by Crippen LogP contribution is -2.45. The van der Waals surface area contributed by atoms with Crippen molar-refractivity contribution in [2.45, 2.75) is 19.1 Å². The van der Waals surface area contributed by atoms with E-state index in [4.69, 9.17) is 10.5 Å². The molecule has 17 heavy (non-hydrogen) atoms. The van der Waals surface area contributed by atoms with Crippen molar-refractivity contribution in [1.29, 1.82) is 0 Å². The summed E-state index contributed by atoms with van der Waals surface area (Å²) in [5.74, 6) is 0. The molecule has 0 saturated carbocycles. The van der Waals surface area contributed by atoms with Crippen LogP contribution in [0.5, 0.6) is 0 Å². The van der Waals surface area contributed by atoms with E-state index in [0.29, 0.717) is 18.7 Å². The number of hydrogen-bond acceptors (Lipinski definition) is 3. The highest BCUT2D eigenvalue weighted by Gasteiger charge is 2.24. The molecule has 4 heteroatoms. The number of nitrogens with two attached hydrogens (primary N) is 1. The first kappa shape index (κ1) is 13.0. The van der Waals surface area contributed by atoms with Gasteiger partial charge in [0, 0.05) is 30.1 Å². The van der Waals surface area contributed by atoms with Crippen LogP contribution in [0.3, 0.4) is 0 Å². The van der Waals surface area contributed by atoms with Crippen LogP contribution in [0.4, 0.5) is 0 Å². The van der Waals surface area contributed by atoms with Crippen LogP contribution in [0.25, 0.3) is 0 Å². The molecule has 0 aromatic heterocycles. The Kier molecular flexibility index (Phi) is 4.56. The van der Waals surface area contributed by atoms with E-state index in [9.17, 15) is 0 Å². The lowest BCUT2D eigenvalue weighted by Gasteiger charge is -2.37. The molecule has 0 aliphatic carbocycles. The molecule has 0 radical (unpaired) electrons. The molecule has 0 amide bonds. The molecular formula is C13H19BrN2O. The second-order valence-electron chi connectivity index (χ2n) is 4.48. The summed E-state index contributed by atoms with van der Waals surface area (Å²) in [5.41, 5.74) is 7.21. The number of nitrogens with zero attached hydrogens (tertiary/aromatic N) is 1. The first-order chi connectivity index (χ1) is 8.20. The molecule has 2 unspecified atom stereocenters. The van der Waals surface area contributed by atoms with Gasteiger partial charge < -0.3 is 10.5 Å². The number of halogens is 1. The van der Waals surface area contributed by atoms with Gasteiger partial charge in [0.2, 0.25) is 0 Å². The summed E-state index contributed by atoms with van der Waals surface area (Å²) in [4.78, 5) is 2.41. The quantitative estimate of drug-likeness (QED) is 0.929. The van der Waals surface area contributed by atoms with Crippen molar-refractivity contribution in [3.63, 3.8) is 0 Å². The minimum atomic E-state index is 0.299. The van der Waals surface area contributed by atoms with Gasteiger partial charge in [-0.3, -0.25) is 4.90 Å². The summed E-state index contributed by atoms with van der Waals surface area (Å²) < 4.78 is 6.67. The maximum Gasteiger partial charge on any atom is 0.0674 e. The molecule has 3 nitrogen and oxygen atoms in total. The number of rotatable bonds is 3. The third kappa shape index (κ3) is 3.28. The maximum absolute atomic E-state index is 5.92. The lowest BCUT2D eigenvalue weighted by molar-refractivity contribution is -0.0333. The fraction of sp³-hybridized carbons (Fsp3) is 0.538. The molecule has 2 N–H and O–H groups in total. The minimum Gasteiger partial charge on any atom is -0.376 e. The monoisotopic (exact) mass is 298 g/mol. The molecule has 2 atom stereocenters. The smallest absolute Gasteiger partial charge is 0.0674 e. The van der Waals surface area contributed by atoms with Gasteiger partial charge in [-0.1, -0.05) is 28.1 Å². The van der Waals surface area contributed by atoms with Crippen molar-refractivity contribution in [2.24, 2.45) is 5.73 Å². The van der Waals surface area contributed by atoms with Gasteiger partial charge in [-0.25, -0.2) is 0 Å². The average Bonchev–Trinajstić information content (AvgIpc) is 2.33. The van der Waals surface area contributed by atoms with E-state index in [1.54, 1.807) is 0 Å². The fourth-order valence-corrected chi connectivity index (χ4v) is 2.57. The summed E-state index contributed by atoms with van der Waals surface area (Å²) in [7, 11) is 0. The summed E-state index contributed by atoms with van der Waals surface area (Å²) >= 11 is 3.46. The van der Waals surface area contributed by atoms with E-state index >= 15 is 0 Å². The highest BCUT2D eigenvalue weighted by atomic mass is 79.9. The van der Waals surface area contributed by atoms with Gasteiger partial charge in [-0.15, -0.1) is 0 Å². The van der Waals surface area contributed by atoms with Crippen LogP contribution in [0.2, 0.25) is 0 Å². The van der Waals surface area contributed by atoms with E-state index in [1.165, 1.54) is 5.56 Å². The van der Waals surface area contributed by atoms with Crippen molar-refractivity contribution in [3.05, 3.63) is 34.3 Å². The standard InChI is InChI=1S/C13H19BrN2O/c1-10-9-16(6-7-17-10)13(8-15)11-2-4-12(14)5-3-11/h2-5,10,13H,6-9,15H2,1H3. The van der Waals surface area contributed by atoms with Gasteiger partial charge >= 0.3 is 0 Å². The SMILES string of the molecule is CC1CN(C(CN)c2ccc(Br)cc2)CCO1. The van der Waals surface area contributed by atoms with Crippen molar-refractivity contribution >= 4 is 15.9 Å².